The summed E-state index contributed by atoms with van der Waals surface area (Å²) in [7, 11) is 0. The van der Waals surface area contributed by atoms with Crippen molar-refractivity contribution in [1.29, 1.82) is 0 Å². The third-order valence-corrected chi connectivity index (χ3v) is 1.45. The molecule has 0 aromatic carbocycles. The second-order valence-corrected chi connectivity index (χ2v) is 2.50. The van der Waals surface area contributed by atoms with Crippen LogP contribution in [0.5, 0.6) is 0 Å². The molecule has 14 heavy (non-hydrogen) atoms. The minimum Gasteiger partial charge on any atom is -0.449 e. The average molecular weight is 191 g/mol. The van der Waals surface area contributed by atoms with Gasteiger partial charge < -0.3 is 10.5 Å². The first-order valence-electron chi connectivity index (χ1n) is 3.85. The Morgan fingerprint density at radius 2 is 2.50 bits per heavy atom. The maximum atomic E-state index is 11.3. The molecule has 0 fully saturated rings. The summed E-state index contributed by atoms with van der Waals surface area (Å²) in [4.78, 5) is 18.9. The van der Waals surface area contributed by atoms with E-state index in [9.17, 15) is 4.79 Å². The number of nitrogens with two attached hydrogens (primary N) is 1. The molecule has 0 aliphatic heterocycles. The number of ether oxygens (including phenoxy) is 1. The van der Waals surface area contributed by atoms with Crippen molar-refractivity contribution < 1.29 is 9.53 Å². The standard InChI is InChI=1S/C9H9N3O2/c1-3-4-14-9(13)7-5-11-6(2)12-8(7)10/h1,5H,4H2,2H3,(H2,10,11,12). The van der Waals surface area contributed by atoms with Crippen molar-refractivity contribution >= 4 is 11.8 Å². The predicted molar refractivity (Wildman–Crippen MR) is 50.3 cm³/mol. The first kappa shape index (κ1) is 9.99. The topological polar surface area (TPSA) is 78.1 Å². The summed E-state index contributed by atoms with van der Waals surface area (Å²) >= 11 is 0. The molecule has 0 bridgehead atoms. The van der Waals surface area contributed by atoms with Gasteiger partial charge in [0.2, 0.25) is 0 Å². The van der Waals surface area contributed by atoms with Crippen LogP contribution in [0.25, 0.3) is 0 Å². The van der Waals surface area contributed by atoms with Crippen LogP contribution in [0.15, 0.2) is 6.20 Å². The van der Waals surface area contributed by atoms with Gasteiger partial charge in [0.1, 0.15) is 17.2 Å². The largest absolute Gasteiger partial charge is 0.449 e. The van der Waals surface area contributed by atoms with Crippen LogP contribution in [0.3, 0.4) is 0 Å². The Kier molecular flexibility index (Phi) is 3.02. The molecule has 5 nitrogen and oxygen atoms in total. The Bertz CT molecular complexity index is 396. The van der Waals surface area contributed by atoms with Gasteiger partial charge in [0.15, 0.2) is 6.61 Å². The molecule has 0 saturated carbocycles. The molecule has 1 rings (SSSR count). The van der Waals surface area contributed by atoms with Crippen LogP contribution in [-0.4, -0.2) is 22.5 Å². The molecule has 0 saturated heterocycles. The van der Waals surface area contributed by atoms with Gasteiger partial charge in [-0.15, -0.1) is 6.42 Å². The summed E-state index contributed by atoms with van der Waals surface area (Å²) < 4.78 is 4.66. The third-order valence-electron chi connectivity index (χ3n) is 1.45. The predicted octanol–water partition coefficient (Wildman–Crippen LogP) is 0.157. The molecular weight excluding hydrogens is 182 g/mol. The lowest BCUT2D eigenvalue weighted by Gasteiger charge is -2.03. The van der Waals surface area contributed by atoms with E-state index in [0.717, 1.165) is 0 Å². The highest BCUT2D eigenvalue weighted by Crippen LogP contribution is 2.08. The normalized spacial score (nSPS) is 9.14. The fraction of sp³-hybridized carbons (Fsp3) is 0.222. The summed E-state index contributed by atoms with van der Waals surface area (Å²) in [6.07, 6.45) is 6.24. The van der Waals surface area contributed by atoms with E-state index >= 15 is 0 Å². The number of nitrogens with zero attached hydrogens (tertiary/aromatic N) is 2. The zero-order valence-electron chi connectivity index (χ0n) is 7.65. The number of carbonyl (C=O) groups excluding carboxylic acids is 1. The molecule has 72 valence electrons. The monoisotopic (exact) mass is 191 g/mol. The summed E-state index contributed by atoms with van der Waals surface area (Å²) in [6.45, 7) is 1.58. The number of aryl methyl sites for hydroxylation is 1. The second-order valence-electron chi connectivity index (χ2n) is 2.50. The van der Waals surface area contributed by atoms with Crippen LogP contribution < -0.4 is 5.73 Å². The average Bonchev–Trinajstić information content (AvgIpc) is 2.14. The molecule has 0 spiro atoms. The van der Waals surface area contributed by atoms with E-state index in [-0.39, 0.29) is 18.0 Å². The van der Waals surface area contributed by atoms with Gasteiger partial charge in [-0.3, -0.25) is 0 Å². The second kappa shape index (κ2) is 4.23. The van der Waals surface area contributed by atoms with Crippen LogP contribution in [0.1, 0.15) is 16.2 Å². The number of anilines is 1. The minimum atomic E-state index is -0.611. The Labute approximate surface area is 81.3 Å². The molecule has 0 amide bonds. The molecule has 0 unspecified atom stereocenters. The van der Waals surface area contributed by atoms with Crippen molar-refractivity contribution in [2.45, 2.75) is 6.92 Å². The molecule has 5 heteroatoms. The minimum absolute atomic E-state index is 0.0911. The van der Waals surface area contributed by atoms with Crippen molar-refractivity contribution in [1.82, 2.24) is 9.97 Å². The highest BCUT2D eigenvalue weighted by atomic mass is 16.5. The summed E-state index contributed by atoms with van der Waals surface area (Å²) in [5.41, 5.74) is 5.62. The van der Waals surface area contributed by atoms with Crippen LogP contribution in [0, 0.1) is 19.3 Å². The van der Waals surface area contributed by atoms with Gasteiger partial charge in [-0.25, -0.2) is 14.8 Å². The van der Waals surface area contributed by atoms with E-state index in [1.54, 1.807) is 6.92 Å². The SMILES string of the molecule is C#CCOC(=O)c1cnc(C)nc1N. The van der Waals surface area contributed by atoms with Gasteiger partial charge in [0, 0.05) is 6.20 Å². The van der Waals surface area contributed by atoms with Gasteiger partial charge in [-0.2, -0.15) is 0 Å². The Morgan fingerprint density at radius 3 is 3.07 bits per heavy atom. The lowest BCUT2D eigenvalue weighted by Crippen LogP contribution is -2.11. The molecule has 1 aromatic heterocycles. The molecule has 0 aliphatic rings. The Hall–Kier alpha value is -2.09. The maximum Gasteiger partial charge on any atom is 0.344 e. The Balaban J connectivity index is 2.86. The van der Waals surface area contributed by atoms with Crippen molar-refractivity contribution in [3.8, 4) is 12.3 Å². The fourth-order valence-electron chi connectivity index (χ4n) is 0.830. The molecule has 1 aromatic rings. The number of terminal acetylenes is 1. The lowest BCUT2D eigenvalue weighted by molar-refractivity contribution is 0.0557. The van der Waals surface area contributed by atoms with Crippen LogP contribution in [0.2, 0.25) is 0 Å². The van der Waals surface area contributed by atoms with Gasteiger partial charge >= 0.3 is 5.97 Å². The highest BCUT2D eigenvalue weighted by Gasteiger charge is 2.12. The Morgan fingerprint density at radius 1 is 1.79 bits per heavy atom. The van der Waals surface area contributed by atoms with E-state index in [2.05, 4.69) is 20.6 Å². The number of nitrogen functional groups attached to an aromatic ring is 1. The zero-order chi connectivity index (χ0) is 10.6. The highest BCUT2D eigenvalue weighted by molar-refractivity contribution is 5.93. The number of esters is 1. The summed E-state index contributed by atoms with van der Waals surface area (Å²) in [6, 6.07) is 0. The van der Waals surface area contributed by atoms with E-state index in [1.165, 1.54) is 6.20 Å². The van der Waals surface area contributed by atoms with E-state index in [4.69, 9.17) is 12.2 Å². The van der Waals surface area contributed by atoms with Crippen LogP contribution in [0.4, 0.5) is 5.82 Å². The van der Waals surface area contributed by atoms with Crippen molar-refractivity contribution in [3.05, 3.63) is 17.6 Å². The van der Waals surface area contributed by atoms with Gasteiger partial charge in [0.05, 0.1) is 0 Å². The smallest absolute Gasteiger partial charge is 0.344 e. The first-order valence-corrected chi connectivity index (χ1v) is 3.85. The first-order chi connectivity index (χ1) is 6.65. The van der Waals surface area contributed by atoms with Gasteiger partial charge in [-0.1, -0.05) is 5.92 Å². The molecule has 0 aliphatic carbocycles. The molecule has 2 N–H and O–H groups in total. The van der Waals surface area contributed by atoms with E-state index in [0.29, 0.717) is 5.82 Å². The fourth-order valence-corrected chi connectivity index (χ4v) is 0.830. The maximum absolute atomic E-state index is 11.3. The molecule has 0 radical (unpaired) electrons. The quantitative estimate of drug-likeness (QED) is 0.532. The van der Waals surface area contributed by atoms with Crippen molar-refractivity contribution in [2.75, 3.05) is 12.3 Å². The van der Waals surface area contributed by atoms with Gasteiger partial charge in [-0.05, 0) is 6.92 Å². The molecular formula is C9H9N3O2. The van der Waals surface area contributed by atoms with Gasteiger partial charge in [0.25, 0.3) is 0 Å². The third kappa shape index (κ3) is 2.20. The van der Waals surface area contributed by atoms with E-state index in [1.807, 2.05) is 0 Å². The summed E-state index contributed by atoms with van der Waals surface area (Å²) in [5.74, 6) is 2.16. The number of aromatic nitrogens is 2. The molecule has 0 atom stereocenters. The summed E-state index contributed by atoms with van der Waals surface area (Å²) in [5, 5.41) is 0. The number of rotatable bonds is 2. The van der Waals surface area contributed by atoms with Crippen molar-refractivity contribution in [2.24, 2.45) is 0 Å². The number of hydrogen-bond acceptors (Lipinski definition) is 5. The molecule has 1 heterocycles. The van der Waals surface area contributed by atoms with Crippen LogP contribution >= 0.6 is 0 Å². The van der Waals surface area contributed by atoms with Crippen LogP contribution in [-0.2, 0) is 4.74 Å². The van der Waals surface area contributed by atoms with Crippen molar-refractivity contribution in [3.63, 3.8) is 0 Å². The lowest BCUT2D eigenvalue weighted by atomic mass is 10.3. The zero-order valence-corrected chi connectivity index (χ0v) is 7.65. The van der Waals surface area contributed by atoms with E-state index < -0.39 is 5.97 Å². The number of carbonyl (C=O) groups is 1. The number of hydrogen-bond donors (Lipinski definition) is 1.